The van der Waals surface area contributed by atoms with E-state index in [9.17, 15) is 4.79 Å². The number of anilines is 1. The first-order chi connectivity index (χ1) is 10.1. The topological polar surface area (TPSA) is 58.6 Å². The minimum atomic E-state index is -1.02. The van der Waals surface area contributed by atoms with Crippen molar-refractivity contribution < 1.29 is 14.6 Å². The van der Waals surface area contributed by atoms with Gasteiger partial charge in [-0.2, -0.15) is 0 Å². The third-order valence-corrected chi connectivity index (χ3v) is 3.37. The molecule has 0 fully saturated rings. The van der Waals surface area contributed by atoms with Crippen LogP contribution in [0.1, 0.15) is 10.4 Å². The Morgan fingerprint density at radius 3 is 2.43 bits per heavy atom. The smallest absolute Gasteiger partial charge is 0.339 e. The van der Waals surface area contributed by atoms with Crippen molar-refractivity contribution in [1.82, 2.24) is 0 Å². The molecule has 2 rings (SSSR count). The predicted octanol–water partition coefficient (Wildman–Crippen LogP) is 4.18. The molecule has 2 N–H and O–H groups in total. The van der Waals surface area contributed by atoms with Crippen molar-refractivity contribution in [3.8, 4) is 5.75 Å². The van der Waals surface area contributed by atoms with E-state index in [0.717, 1.165) is 0 Å². The molecule has 0 aliphatic heterocycles. The van der Waals surface area contributed by atoms with Crippen LogP contribution in [-0.2, 0) is 0 Å². The second kappa shape index (κ2) is 7.20. The molecular formula is C15H13Cl2NO3. The first kappa shape index (κ1) is 15.5. The van der Waals surface area contributed by atoms with Crippen LogP contribution >= 0.6 is 23.2 Å². The summed E-state index contributed by atoms with van der Waals surface area (Å²) in [7, 11) is 0. The molecule has 0 heterocycles. The molecule has 0 aliphatic carbocycles. The normalized spacial score (nSPS) is 10.2. The van der Waals surface area contributed by atoms with Gasteiger partial charge in [-0.15, -0.1) is 0 Å². The molecule has 0 aromatic heterocycles. The van der Waals surface area contributed by atoms with Crippen molar-refractivity contribution in [2.24, 2.45) is 0 Å². The quantitative estimate of drug-likeness (QED) is 0.782. The molecule has 0 saturated heterocycles. The number of carboxylic acids is 1. The Morgan fingerprint density at radius 2 is 1.76 bits per heavy atom. The first-order valence-corrected chi connectivity index (χ1v) is 6.98. The van der Waals surface area contributed by atoms with Crippen molar-refractivity contribution in [1.29, 1.82) is 0 Å². The van der Waals surface area contributed by atoms with Gasteiger partial charge in [-0.3, -0.25) is 0 Å². The maximum Gasteiger partial charge on any atom is 0.339 e. The van der Waals surface area contributed by atoms with Gasteiger partial charge in [0.05, 0.1) is 15.7 Å². The molecule has 0 radical (unpaired) electrons. The number of carbonyl (C=O) groups is 1. The van der Waals surface area contributed by atoms with Crippen LogP contribution in [0.15, 0.2) is 42.5 Å². The number of hydrogen-bond donors (Lipinski definition) is 2. The highest BCUT2D eigenvalue weighted by atomic mass is 35.5. The molecule has 0 unspecified atom stereocenters. The number of nitrogens with one attached hydrogen (secondary N) is 1. The minimum absolute atomic E-state index is 0.133. The fourth-order valence-electron chi connectivity index (χ4n) is 1.77. The minimum Gasteiger partial charge on any atom is -0.491 e. The second-order valence-electron chi connectivity index (χ2n) is 4.17. The Hall–Kier alpha value is -1.91. The van der Waals surface area contributed by atoms with Crippen LogP contribution in [0.5, 0.6) is 5.75 Å². The maximum atomic E-state index is 11.0. The highest BCUT2D eigenvalue weighted by Crippen LogP contribution is 2.29. The van der Waals surface area contributed by atoms with Crippen molar-refractivity contribution >= 4 is 34.9 Å². The van der Waals surface area contributed by atoms with Gasteiger partial charge in [0.25, 0.3) is 0 Å². The Kier molecular flexibility index (Phi) is 5.31. The summed E-state index contributed by atoms with van der Waals surface area (Å²) in [6.07, 6.45) is 0. The molecule has 2 aromatic carbocycles. The van der Waals surface area contributed by atoms with Crippen LogP contribution in [0.3, 0.4) is 0 Å². The Balaban J connectivity index is 1.92. The highest BCUT2D eigenvalue weighted by Gasteiger charge is 2.10. The van der Waals surface area contributed by atoms with Gasteiger partial charge in [0.15, 0.2) is 0 Å². The average Bonchev–Trinajstić information content (AvgIpc) is 2.46. The Labute approximate surface area is 132 Å². The lowest BCUT2D eigenvalue weighted by atomic mass is 10.2. The summed E-state index contributed by atoms with van der Waals surface area (Å²) in [5.41, 5.74) is 0.768. The number of hydrogen-bond acceptors (Lipinski definition) is 3. The zero-order chi connectivity index (χ0) is 15.2. The van der Waals surface area contributed by atoms with Crippen LogP contribution in [0.4, 0.5) is 5.69 Å². The number of ether oxygens (including phenoxy) is 1. The summed E-state index contributed by atoms with van der Waals surface area (Å²) in [6, 6.07) is 11.7. The monoisotopic (exact) mass is 325 g/mol. The molecule has 4 nitrogen and oxygen atoms in total. The van der Waals surface area contributed by atoms with E-state index in [-0.39, 0.29) is 12.2 Å². The molecule has 0 atom stereocenters. The maximum absolute atomic E-state index is 11.0. The van der Waals surface area contributed by atoms with Crippen LogP contribution in [-0.4, -0.2) is 24.2 Å². The van der Waals surface area contributed by atoms with E-state index in [1.165, 1.54) is 6.07 Å². The largest absolute Gasteiger partial charge is 0.491 e. The van der Waals surface area contributed by atoms with E-state index in [4.69, 9.17) is 33.0 Å². The number of rotatable bonds is 6. The molecule has 0 aliphatic rings. The standard InChI is InChI=1S/C15H13Cl2NO3/c16-11-5-3-6-12(17)14(11)18-8-9-21-13-7-2-1-4-10(13)15(19)20/h1-7,18H,8-9H2,(H,19,20). The van der Waals surface area contributed by atoms with E-state index in [1.807, 2.05) is 0 Å². The van der Waals surface area contributed by atoms with Crippen LogP contribution < -0.4 is 10.1 Å². The molecule has 0 saturated carbocycles. The van der Waals surface area contributed by atoms with Crippen molar-refractivity contribution in [3.05, 3.63) is 58.1 Å². The van der Waals surface area contributed by atoms with Gasteiger partial charge in [0.2, 0.25) is 0 Å². The molecule has 0 bridgehead atoms. The lowest BCUT2D eigenvalue weighted by Gasteiger charge is -2.12. The Bertz CT molecular complexity index is 626. The van der Waals surface area contributed by atoms with Crippen molar-refractivity contribution in [2.45, 2.75) is 0 Å². The predicted molar refractivity (Wildman–Crippen MR) is 83.8 cm³/mol. The summed E-state index contributed by atoms with van der Waals surface area (Å²) in [6.45, 7) is 0.725. The Morgan fingerprint density at radius 1 is 1.10 bits per heavy atom. The number of halogens is 2. The third kappa shape index (κ3) is 4.03. The molecule has 110 valence electrons. The van der Waals surface area contributed by atoms with Crippen LogP contribution in [0, 0.1) is 0 Å². The SMILES string of the molecule is O=C(O)c1ccccc1OCCNc1c(Cl)cccc1Cl. The summed E-state index contributed by atoms with van der Waals surface area (Å²) >= 11 is 12.1. The van der Waals surface area contributed by atoms with E-state index < -0.39 is 5.97 Å². The lowest BCUT2D eigenvalue weighted by Crippen LogP contribution is -2.13. The summed E-state index contributed by atoms with van der Waals surface area (Å²) in [5, 5.41) is 13.1. The summed E-state index contributed by atoms with van der Waals surface area (Å²) in [4.78, 5) is 11.0. The van der Waals surface area contributed by atoms with Gasteiger partial charge < -0.3 is 15.2 Å². The molecule has 2 aromatic rings. The fraction of sp³-hybridized carbons (Fsp3) is 0.133. The number of aromatic carboxylic acids is 1. The molecule has 0 amide bonds. The third-order valence-electron chi connectivity index (χ3n) is 2.74. The van der Waals surface area contributed by atoms with Gasteiger partial charge in [-0.05, 0) is 24.3 Å². The zero-order valence-corrected chi connectivity index (χ0v) is 12.5. The van der Waals surface area contributed by atoms with Crippen molar-refractivity contribution in [2.75, 3.05) is 18.5 Å². The second-order valence-corrected chi connectivity index (χ2v) is 4.99. The zero-order valence-electron chi connectivity index (χ0n) is 11.0. The molecule has 21 heavy (non-hydrogen) atoms. The van der Waals surface area contributed by atoms with Gasteiger partial charge >= 0.3 is 5.97 Å². The molecule has 6 heteroatoms. The molecular weight excluding hydrogens is 313 g/mol. The van der Waals surface area contributed by atoms with E-state index in [1.54, 1.807) is 36.4 Å². The van der Waals surface area contributed by atoms with Gasteiger partial charge in [-0.25, -0.2) is 4.79 Å². The van der Waals surface area contributed by atoms with Crippen molar-refractivity contribution in [3.63, 3.8) is 0 Å². The first-order valence-electron chi connectivity index (χ1n) is 6.22. The van der Waals surface area contributed by atoms with Gasteiger partial charge in [-0.1, -0.05) is 41.4 Å². The van der Waals surface area contributed by atoms with E-state index in [0.29, 0.717) is 28.0 Å². The van der Waals surface area contributed by atoms with Gasteiger partial charge in [0.1, 0.15) is 17.9 Å². The van der Waals surface area contributed by atoms with E-state index >= 15 is 0 Å². The molecule has 0 spiro atoms. The summed E-state index contributed by atoms with van der Waals surface area (Å²) < 4.78 is 5.47. The highest BCUT2D eigenvalue weighted by molar-refractivity contribution is 6.39. The summed E-state index contributed by atoms with van der Waals surface area (Å²) in [5.74, 6) is -0.690. The number of para-hydroxylation sites is 2. The van der Waals surface area contributed by atoms with Crippen LogP contribution in [0.25, 0.3) is 0 Å². The van der Waals surface area contributed by atoms with Gasteiger partial charge in [0, 0.05) is 6.54 Å². The fourth-order valence-corrected chi connectivity index (χ4v) is 2.30. The van der Waals surface area contributed by atoms with E-state index in [2.05, 4.69) is 5.32 Å². The van der Waals surface area contributed by atoms with Crippen LogP contribution in [0.2, 0.25) is 10.0 Å². The number of benzene rings is 2. The average molecular weight is 326 g/mol. The lowest BCUT2D eigenvalue weighted by molar-refractivity contribution is 0.0692. The number of carboxylic acid groups (broad SMARTS) is 1.